The van der Waals surface area contributed by atoms with Crippen LogP contribution in [0.15, 0.2) is 6.20 Å². The number of aryl methyl sites for hydroxylation is 1. The Morgan fingerprint density at radius 3 is 2.83 bits per heavy atom. The Kier molecular flexibility index (Phi) is 2.49. The van der Waals surface area contributed by atoms with Gasteiger partial charge in [0, 0.05) is 13.2 Å². The third kappa shape index (κ3) is 1.48. The van der Waals surface area contributed by atoms with Gasteiger partial charge in [0.2, 0.25) is 5.82 Å². The van der Waals surface area contributed by atoms with Crippen molar-refractivity contribution < 1.29 is 0 Å². The Morgan fingerprint density at radius 2 is 2.42 bits per heavy atom. The lowest BCUT2D eigenvalue weighted by atomic mass is 10.1. The second-order valence-corrected chi connectivity index (χ2v) is 3.02. The normalized spacial score (nSPS) is 12.5. The van der Waals surface area contributed by atoms with Gasteiger partial charge in [-0.05, 0) is 12.3 Å². The highest BCUT2D eigenvalue weighted by atomic mass is 15.0. The van der Waals surface area contributed by atoms with Gasteiger partial charge in [0.25, 0.3) is 0 Å². The second-order valence-electron chi connectivity index (χ2n) is 3.02. The largest absolute Gasteiger partial charge is 0.325 e. The minimum atomic E-state index is 0.443. The zero-order valence-corrected chi connectivity index (χ0v) is 7.70. The van der Waals surface area contributed by atoms with Gasteiger partial charge in [-0.3, -0.25) is 0 Å². The number of nitriles is 1. The molecule has 3 heteroatoms. The first kappa shape index (κ1) is 8.79. The molecule has 0 spiro atoms. The van der Waals surface area contributed by atoms with Gasteiger partial charge in [0.05, 0.1) is 5.69 Å². The molecular weight excluding hydrogens is 150 g/mol. The van der Waals surface area contributed by atoms with Gasteiger partial charge < -0.3 is 4.57 Å². The third-order valence-corrected chi connectivity index (χ3v) is 2.11. The van der Waals surface area contributed by atoms with Crippen molar-refractivity contribution in [2.45, 2.75) is 26.2 Å². The molecule has 0 N–H and O–H groups in total. The zero-order valence-electron chi connectivity index (χ0n) is 7.70. The number of hydrogen-bond donors (Lipinski definition) is 0. The van der Waals surface area contributed by atoms with Crippen molar-refractivity contribution >= 4 is 0 Å². The Balaban J connectivity index is 2.98. The van der Waals surface area contributed by atoms with Crippen LogP contribution < -0.4 is 0 Å². The summed E-state index contributed by atoms with van der Waals surface area (Å²) in [6.45, 7) is 4.23. The fraction of sp³-hybridized carbons (Fsp3) is 0.556. The van der Waals surface area contributed by atoms with Crippen molar-refractivity contribution in [2.75, 3.05) is 0 Å². The Labute approximate surface area is 72.7 Å². The van der Waals surface area contributed by atoms with E-state index < -0.39 is 0 Å². The number of rotatable bonds is 2. The zero-order chi connectivity index (χ0) is 9.14. The first-order chi connectivity index (χ1) is 5.69. The summed E-state index contributed by atoms with van der Waals surface area (Å²) in [7, 11) is 1.84. The van der Waals surface area contributed by atoms with E-state index in [1.54, 1.807) is 4.57 Å². The van der Waals surface area contributed by atoms with Crippen LogP contribution in [0, 0.1) is 11.3 Å². The quantitative estimate of drug-likeness (QED) is 0.667. The van der Waals surface area contributed by atoms with E-state index in [0.717, 1.165) is 12.1 Å². The molecule has 1 heterocycles. The molecule has 0 aliphatic heterocycles. The van der Waals surface area contributed by atoms with E-state index in [1.165, 1.54) is 0 Å². The summed E-state index contributed by atoms with van der Waals surface area (Å²) in [5.74, 6) is 0.934. The maximum atomic E-state index is 8.65. The molecule has 1 rings (SSSR count). The number of nitrogens with zero attached hydrogens (tertiary/aromatic N) is 3. The van der Waals surface area contributed by atoms with E-state index in [1.807, 2.05) is 19.3 Å². The first-order valence-electron chi connectivity index (χ1n) is 4.12. The summed E-state index contributed by atoms with van der Waals surface area (Å²) in [5.41, 5.74) is 1.01. The van der Waals surface area contributed by atoms with Crippen LogP contribution in [0.2, 0.25) is 0 Å². The molecule has 1 aromatic heterocycles. The van der Waals surface area contributed by atoms with Crippen molar-refractivity contribution in [3.63, 3.8) is 0 Å². The average Bonchev–Trinajstić information content (AvgIpc) is 2.45. The van der Waals surface area contributed by atoms with Crippen LogP contribution in [0.25, 0.3) is 0 Å². The molecule has 0 saturated carbocycles. The maximum Gasteiger partial charge on any atom is 0.212 e. The van der Waals surface area contributed by atoms with E-state index >= 15 is 0 Å². The lowest BCUT2D eigenvalue weighted by molar-refractivity contribution is 0.711. The van der Waals surface area contributed by atoms with Crippen LogP contribution in [0.4, 0.5) is 0 Å². The van der Waals surface area contributed by atoms with Crippen molar-refractivity contribution in [1.29, 1.82) is 5.26 Å². The average molecular weight is 163 g/mol. The van der Waals surface area contributed by atoms with E-state index in [9.17, 15) is 0 Å². The molecule has 0 fully saturated rings. The highest BCUT2D eigenvalue weighted by Gasteiger charge is 2.09. The Bertz CT molecular complexity index is 306. The summed E-state index contributed by atoms with van der Waals surface area (Å²) in [6, 6.07) is 2.05. The van der Waals surface area contributed by atoms with Crippen molar-refractivity contribution in [3.05, 3.63) is 17.7 Å². The lowest BCUT2D eigenvalue weighted by Gasteiger charge is -2.01. The topological polar surface area (TPSA) is 41.6 Å². The molecule has 0 amide bonds. The van der Waals surface area contributed by atoms with Crippen molar-refractivity contribution in [3.8, 4) is 6.07 Å². The van der Waals surface area contributed by atoms with Crippen molar-refractivity contribution in [1.82, 2.24) is 9.55 Å². The van der Waals surface area contributed by atoms with Gasteiger partial charge in [-0.1, -0.05) is 13.8 Å². The molecule has 64 valence electrons. The first-order valence-corrected chi connectivity index (χ1v) is 4.12. The van der Waals surface area contributed by atoms with E-state index in [0.29, 0.717) is 11.7 Å². The molecule has 1 aromatic rings. The maximum absolute atomic E-state index is 8.65. The molecule has 0 radical (unpaired) electrons. The number of imidazole rings is 1. The Hall–Kier alpha value is -1.30. The Morgan fingerprint density at radius 1 is 1.75 bits per heavy atom. The predicted octanol–water partition coefficient (Wildman–Crippen LogP) is 1.81. The molecule has 0 aromatic carbocycles. The summed E-state index contributed by atoms with van der Waals surface area (Å²) in [6.07, 6.45) is 2.98. The molecule has 0 aliphatic carbocycles. The molecular formula is C9H13N3. The monoisotopic (exact) mass is 163 g/mol. The van der Waals surface area contributed by atoms with Gasteiger partial charge in [-0.15, -0.1) is 0 Å². The second kappa shape index (κ2) is 3.40. The molecule has 0 aliphatic rings. The highest BCUT2D eigenvalue weighted by Crippen LogP contribution is 2.16. The van der Waals surface area contributed by atoms with Gasteiger partial charge in [-0.2, -0.15) is 5.26 Å². The summed E-state index contributed by atoms with van der Waals surface area (Å²) < 4.78 is 1.77. The van der Waals surface area contributed by atoms with Crippen molar-refractivity contribution in [2.24, 2.45) is 7.05 Å². The number of hydrogen-bond acceptors (Lipinski definition) is 2. The fourth-order valence-corrected chi connectivity index (χ4v) is 1.04. The smallest absolute Gasteiger partial charge is 0.212 e. The van der Waals surface area contributed by atoms with Crippen LogP contribution in [-0.4, -0.2) is 9.55 Å². The summed E-state index contributed by atoms with van der Waals surface area (Å²) in [5, 5.41) is 8.65. The van der Waals surface area contributed by atoms with E-state index in [-0.39, 0.29) is 0 Å². The van der Waals surface area contributed by atoms with Crippen LogP contribution in [0.1, 0.15) is 37.7 Å². The van der Waals surface area contributed by atoms with Crippen LogP contribution in [0.3, 0.4) is 0 Å². The predicted molar refractivity (Wildman–Crippen MR) is 46.6 cm³/mol. The molecule has 1 atom stereocenters. The summed E-state index contributed by atoms with van der Waals surface area (Å²) >= 11 is 0. The molecule has 0 saturated heterocycles. The van der Waals surface area contributed by atoms with Gasteiger partial charge in [-0.25, -0.2) is 4.98 Å². The van der Waals surface area contributed by atoms with Gasteiger partial charge in [0.15, 0.2) is 0 Å². The fourth-order valence-electron chi connectivity index (χ4n) is 1.04. The molecule has 3 nitrogen and oxygen atoms in total. The van der Waals surface area contributed by atoms with Gasteiger partial charge in [0.1, 0.15) is 6.07 Å². The van der Waals surface area contributed by atoms with Crippen LogP contribution >= 0.6 is 0 Å². The van der Waals surface area contributed by atoms with Gasteiger partial charge >= 0.3 is 0 Å². The summed E-state index contributed by atoms with van der Waals surface area (Å²) in [4.78, 5) is 4.20. The SMILES string of the molecule is CCC(C)c1cn(C)c(C#N)n1. The minimum Gasteiger partial charge on any atom is -0.325 e. The minimum absolute atomic E-state index is 0.443. The molecule has 1 unspecified atom stereocenters. The molecule has 12 heavy (non-hydrogen) atoms. The van der Waals surface area contributed by atoms with Crippen LogP contribution in [-0.2, 0) is 7.05 Å². The van der Waals surface area contributed by atoms with E-state index in [4.69, 9.17) is 5.26 Å². The highest BCUT2D eigenvalue weighted by molar-refractivity contribution is 5.17. The lowest BCUT2D eigenvalue weighted by Crippen LogP contribution is -1.90. The van der Waals surface area contributed by atoms with E-state index in [2.05, 4.69) is 18.8 Å². The standard InChI is InChI=1S/C9H13N3/c1-4-7(2)8-6-12(3)9(5-10)11-8/h6-7H,4H2,1-3H3. The third-order valence-electron chi connectivity index (χ3n) is 2.11. The number of aromatic nitrogens is 2. The van der Waals surface area contributed by atoms with Crippen LogP contribution in [0.5, 0.6) is 0 Å². The molecule has 0 bridgehead atoms.